The van der Waals surface area contributed by atoms with Crippen molar-refractivity contribution in [2.24, 2.45) is 11.5 Å². The molecule has 0 aromatic carbocycles. The molecule has 13 heavy (non-hydrogen) atoms. The molecule has 0 saturated carbocycles. The van der Waals surface area contributed by atoms with Crippen molar-refractivity contribution in [1.82, 2.24) is 4.90 Å². The Morgan fingerprint density at radius 2 is 2.08 bits per heavy atom. The minimum atomic E-state index is -0.636. The normalized spacial score (nSPS) is 27.6. The summed E-state index contributed by atoms with van der Waals surface area (Å²) in [6.07, 6.45) is 0.277. The minimum absolute atomic E-state index is 0.148. The molecule has 2 atom stereocenters. The molecule has 1 fully saturated rings. The van der Waals surface area contributed by atoms with E-state index in [1.807, 2.05) is 0 Å². The second kappa shape index (κ2) is 3.61. The lowest BCUT2D eigenvalue weighted by molar-refractivity contribution is -0.121. The van der Waals surface area contributed by atoms with Gasteiger partial charge in [-0.2, -0.15) is 0 Å². The number of likely N-dealkylation sites (tertiary alicyclic amines) is 1. The molecule has 0 bridgehead atoms. The number of urea groups is 1. The zero-order valence-corrected chi connectivity index (χ0v) is 7.40. The zero-order valence-electron chi connectivity index (χ0n) is 7.40. The summed E-state index contributed by atoms with van der Waals surface area (Å²) in [5.74, 6) is -0.543. The number of nitrogens with two attached hydrogens (primary N) is 2. The van der Waals surface area contributed by atoms with Gasteiger partial charge < -0.3 is 21.1 Å². The van der Waals surface area contributed by atoms with Crippen LogP contribution in [0.2, 0.25) is 0 Å². The van der Waals surface area contributed by atoms with E-state index in [1.165, 1.54) is 12.0 Å². The molecule has 1 aliphatic heterocycles. The highest BCUT2D eigenvalue weighted by Crippen LogP contribution is 2.18. The molecule has 1 saturated heterocycles. The second-order valence-electron chi connectivity index (χ2n) is 3.00. The molecule has 1 rings (SSSR count). The molecule has 0 aromatic rings. The molecule has 6 heteroatoms. The number of rotatable bonds is 2. The summed E-state index contributed by atoms with van der Waals surface area (Å²) in [6, 6.07) is -1.26. The quantitative estimate of drug-likeness (QED) is 0.558. The van der Waals surface area contributed by atoms with E-state index in [2.05, 4.69) is 0 Å². The Kier molecular flexibility index (Phi) is 2.72. The van der Waals surface area contributed by atoms with Crippen molar-refractivity contribution >= 4 is 11.9 Å². The number of nitrogens with zero attached hydrogens (tertiary/aromatic N) is 1. The van der Waals surface area contributed by atoms with Crippen LogP contribution in [0.1, 0.15) is 6.42 Å². The summed E-state index contributed by atoms with van der Waals surface area (Å²) in [4.78, 5) is 23.0. The van der Waals surface area contributed by atoms with Crippen molar-refractivity contribution in [2.75, 3.05) is 13.7 Å². The van der Waals surface area contributed by atoms with Crippen LogP contribution < -0.4 is 11.5 Å². The van der Waals surface area contributed by atoms with Gasteiger partial charge in [0.2, 0.25) is 5.91 Å². The van der Waals surface area contributed by atoms with Gasteiger partial charge in [0, 0.05) is 20.1 Å². The second-order valence-corrected chi connectivity index (χ2v) is 3.00. The number of carbonyl (C=O) groups excluding carboxylic acids is 2. The van der Waals surface area contributed by atoms with Gasteiger partial charge in [-0.3, -0.25) is 4.79 Å². The first-order valence-corrected chi connectivity index (χ1v) is 3.94. The van der Waals surface area contributed by atoms with Gasteiger partial charge in [0.15, 0.2) is 0 Å². The number of hydrogen-bond acceptors (Lipinski definition) is 3. The van der Waals surface area contributed by atoms with Crippen molar-refractivity contribution in [1.29, 1.82) is 0 Å². The van der Waals surface area contributed by atoms with Crippen molar-refractivity contribution in [3.8, 4) is 0 Å². The van der Waals surface area contributed by atoms with Gasteiger partial charge in [0.05, 0.1) is 6.10 Å². The van der Waals surface area contributed by atoms with E-state index in [-0.39, 0.29) is 6.10 Å². The molecular weight excluding hydrogens is 174 g/mol. The largest absolute Gasteiger partial charge is 0.380 e. The Hall–Kier alpha value is -1.30. The van der Waals surface area contributed by atoms with Gasteiger partial charge in [-0.25, -0.2) is 4.79 Å². The minimum Gasteiger partial charge on any atom is -0.380 e. The molecule has 4 N–H and O–H groups in total. The van der Waals surface area contributed by atoms with E-state index in [4.69, 9.17) is 16.2 Å². The van der Waals surface area contributed by atoms with Crippen LogP contribution in [-0.4, -0.2) is 42.6 Å². The topological polar surface area (TPSA) is 98.7 Å². The lowest BCUT2D eigenvalue weighted by Gasteiger charge is -2.18. The van der Waals surface area contributed by atoms with Gasteiger partial charge in [-0.1, -0.05) is 0 Å². The predicted molar refractivity (Wildman–Crippen MR) is 44.7 cm³/mol. The van der Waals surface area contributed by atoms with Crippen LogP contribution >= 0.6 is 0 Å². The monoisotopic (exact) mass is 187 g/mol. The molecule has 0 aromatic heterocycles. The maximum absolute atomic E-state index is 10.9. The Morgan fingerprint density at radius 1 is 1.46 bits per heavy atom. The van der Waals surface area contributed by atoms with E-state index in [0.717, 1.165) is 0 Å². The Morgan fingerprint density at radius 3 is 2.38 bits per heavy atom. The van der Waals surface area contributed by atoms with Crippen LogP contribution in [0.3, 0.4) is 0 Å². The van der Waals surface area contributed by atoms with Crippen molar-refractivity contribution in [3.63, 3.8) is 0 Å². The van der Waals surface area contributed by atoms with Gasteiger partial charge >= 0.3 is 6.03 Å². The highest BCUT2D eigenvalue weighted by Gasteiger charge is 2.37. The summed E-state index contributed by atoms with van der Waals surface area (Å²) in [5, 5.41) is 0. The van der Waals surface area contributed by atoms with Crippen molar-refractivity contribution in [2.45, 2.75) is 18.6 Å². The van der Waals surface area contributed by atoms with E-state index in [1.54, 1.807) is 0 Å². The van der Waals surface area contributed by atoms with Gasteiger partial charge in [-0.05, 0) is 0 Å². The lowest BCUT2D eigenvalue weighted by Crippen LogP contribution is -2.46. The first kappa shape index (κ1) is 9.79. The summed E-state index contributed by atoms with van der Waals surface area (Å²) < 4.78 is 5.01. The molecule has 0 aliphatic carbocycles. The van der Waals surface area contributed by atoms with Gasteiger partial charge in [0.25, 0.3) is 0 Å². The van der Waals surface area contributed by atoms with E-state index < -0.39 is 18.0 Å². The summed E-state index contributed by atoms with van der Waals surface area (Å²) >= 11 is 0. The van der Waals surface area contributed by atoms with E-state index in [0.29, 0.717) is 13.0 Å². The van der Waals surface area contributed by atoms with Crippen LogP contribution in [0, 0.1) is 0 Å². The van der Waals surface area contributed by atoms with Crippen LogP contribution in [0.4, 0.5) is 4.79 Å². The number of methoxy groups -OCH3 is 1. The number of ether oxygens (including phenoxy) is 1. The molecule has 0 spiro atoms. The summed E-state index contributed by atoms with van der Waals surface area (Å²) in [5.41, 5.74) is 10.2. The Labute approximate surface area is 75.8 Å². The number of primary amides is 2. The average Bonchev–Trinajstić information content (AvgIpc) is 2.47. The van der Waals surface area contributed by atoms with Gasteiger partial charge in [-0.15, -0.1) is 0 Å². The fourth-order valence-corrected chi connectivity index (χ4v) is 1.48. The molecule has 74 valence electrons. The Bertz CT molecular complexity index is 209. The molecule has 1 heterocycles. The first-order chi connectivity index (χ1) is 6.06. The SMILES string of the molecule is CO[C@@H]1C[C@H](C(N)=O)N(C(N)=O)C1. The highest BCUT2D eigenvalue weighted by atomic mass is 16.5. The smallest absolute Gasteiger partial charge is 0.315 e. The number of carbonyl (C=O) groups is 2. The fourth-order valence-electron chi connectivity index (χ4n) is 1.48. The molecule has 6 nitrogen and oxygen atoms in total. The number of amides is 3. The lowest BCUT2D eigenvalue weighted by atomic mass is 10.2. The molecule has 0 unspecified atom stereocenters. The van der Waals surface area contributed by atoms with E-state index >= 15 is 0 Å². The van der Waals surface area contributed by atoms with Crippen LogP contribution in [0.15, 0.2) is 0 Å². The van der Waals surface area contributed by atoms with Gasteiger partial charge in [0.1, 0.15) is 6.04 Å². The highest BCUT2D eigenvalue weighted by molar-refractivity contribution is 5.86. The third-order valence-electron chi connectivity index (χ3n) is 2.21. The number of hydrogen-bond donors (Lipinski definition) is 2. The van der Waals surface area contributed by atoms with Crippen molar-refractivity contribution in [3.05, 3.63) is 0 Å². The standard InChI is InChI=1S/C7H13N3O3/c1-13-4-2-5(6(8)11)10(3-4)7(9)12/h4-5H,2-3H2,1H3,(H2,8,11)(H2,9,12)/t4-,5-/m1/s1. The molecular formula is C7H13N3O3. The Balaban J connectivity index is 2.71. The van der Waals surface area contributed by atoms with Crippen LogP contribution in [0.5, 0.6) is 0 Å². The van der Waals surface area contributed by atoms with E-state index in [9.17, 15) is 9.59 Å². The average molecular weight is 187 g/mol. The summed E-state index contributed by atoms with van der Waals surface area (Å²) in [6.45, 7) is 0.333. The molecule has 1 aliphatic rings. The van der Waals surface area contributed by atoms with Crippen molar-refractivity contribution < 1.29 is 14.3 Å². The maximum atomic E-state index is 10.9. The van der Waals surface area contributed by atoms with Crippen LogP contribution in [-0.2, 0) is 9.53 Å². The maximum Gasteiger partial charge on any atom is 0.315 e. The molecule has 3 amide bonds. The molecule has 0 radical (unpaired) electrons. The predicted octanol–water partition coefficient (Wildman–Crippen LogP) is -1.36. The third-order valence-corrected chi connectivity index (χ3v) is 2.21. The zero-order chi connectivity index (χ0) is 10.0. The summed E-state index contributed by atoms with van der Waals surface area (Å²) in [7, 11) is 1.52. The fraction of sp³-hybridized carbons (Fsp3) is 0.714. The first-order valence-electron chi connectivity index (χ1n) is 3.94. The third kappa shape index (κ3) is 1.89. The van der Waals surface area contributed by atoms with Crippen LogP contribution in [0.25, 0.3) is 0 Å².